The van der Waals surface area contributed by atoms with E-state index in [9.17, 15) is 10.0 Å². The van der Waals surface area contributed by atoms with Crippen molar-refractivity contribution in [3.8, 4) is 5.75 Å². The number of hydrogen-bond acceptors (Lipinski definition) is 5. The van der Waals surface area contributed by atoms with Crippen molar-refractivity contribution in [1.82, 2.24) is 4.98 Å². The number of hydrogen-bond donors (Lipinski definition) is 2. The van der Waals surface area contributed by atoms with E-state index >= 15 is 0 Å². The first-order chi connectivity index (χ1) is 10.5. The van der Waals surface area contributed by atoms with E-state index in [1.165, 1.54) is 20.2 Å². The van der Waals surface area contributed by atoms with E-state index in [-0.39, 0.29) is 0 Å². The van der Waals surface area contributed by atoms with E-state index in [0.717, 1.165) is 11.3 Å². The highest BCUT2D eigenvalue weighted by molar-refractivity contribution is 5.91. The molecule has 2 rings (SSSR count). The summed E-state index contributed by atoms with van der Waals surface area (Å²) in [4.78, 5) is 15.6. The molecule has 1 amide bonds. The minimum absolute atomic E-state index is 0.297. The summed E-state index contributed by atoms with van der Waals surface area (Å²) in [5, 5.41) is 13.8. The van der Waals surface area contributed by atoms with E-state index in [2.05, 4.69) is 10.3 Å². The summed E-state index contributed by atoms with van der Waals surface area (Å²) in [6, 6.07) is 7.86. The number of anilines is 2. The summed E-state index contributed by atoms with van der Waals surface area (Å²) in [5.74, 6) is -0.163. The van der Waals surface area contributed by atoms with Crippen molar-refractivity contribution in [1.29, 1.82) is 0 Å². The fraction of sp³-hybridized carbons (Fsp3) is 0.250. The minimum Gasteiger partial charge on any atom is -0.493 e. The van der Waals surface area contributed by atoms with Gasteiger partial charge in [-0.05, 0) is 18.6 Å². The van der Waals surface area contributed by atoms with E-state index in [0.29, 0.717) is 28.6 Å². The molecule has 0 aliphatic carbocycles. The number of ether oxygens (including phenoxy) is 1. The Morgan fingerprint density at radius 1 is 1.36 bits per heavy atom. The third-order valence-corrected chi connectivity index (χ3v) is 3.30. The van der Waals surface area contributed by atoms with E-state index in [1.807, 2.05) is 31.2 Å². The molecule has 0 saturated heterocycles. The molecule has 6 heteroatoms. The molecule has 22 heavy (non-hydrogen) atoms. The van der Waals surface area contributed by atoms with Crippen molar-refractivity contribution in [3.63, 3.8) is 0 Å². The average molecular weight is 301 g/mol. The Morgan fingerprint density at radius 3 is 2.73 bits per heavy atom. The molecule has 2 N–H and O–H groups in total. The number of pyridine rings is 1. The van der Waals surface area contributed by atoms with Crippen LogP contribution < -0.4 is 15.1 Å². The van der Waals surface area contributed by atoms with Gasteiger partial charge in [0.25, 0.3) is 0 Å². The molecule has 0 aliphatic rings. The van der Waals surface area contributed by atoms with Crippen LogP contribution in [0.4, 0.5) is 11.4 Å². The van der Waals surface area contributed by atoms with Gasteiger partial charge in [0.15, 0.2) is 5.75 Å². The van der Waals surface area contributed by atoms with Crippen molar-refractivity contribution in [2.75, 3.05) is 17.5 Å². The topological polar surface area (TPSA) is 74.7 Å². The molecule has 116 valence electrons. The number of rotatable bonds is 5. The number of carbonyl (C=O) groups is 1. The third kappa shape index (κ3) is 3.35. The number of nitrogens with zero attached hydrogens (tertiary/aromatic N) is 2. The van der Waals surface area contributed by atoms with Crippen LogP contribution in [0, 0.1) is 6.92 Å². The number of methoxy groups -OCH3 is 1. The average Bonchev–Trinajstić information content (AvgIpc) is 2.52. The highest BCUT2D eigenvalue weighted by Gasteiger charge is 2.19. The lowest BCUT2D eigenvalue weighted by atomic mass is 10.1. The Hall–Kier alpha value is -2.60. The summed E-state index contributed by atoms with van der Waals surface area (Å²) in [6.45, 7) is 3.67. The van der Waals surface area contributed by atoms with Gasteiger partial charge >= 0.3 is 0 Å². The lowest BCUT2D eigenvalue weighted by Gasteiger charge is -2.20. The standard InChI is InChI=1S/C16H19N3O3/c1-11-6-4-5-7-14(11)18-9-13-8-17-10-15(22-3)16(13)19(21)12(2)20/h4-8,10,18,21H,9H2,1-3H3. The zero-order chi connectivity index (χ0) is 16.1. The maximum Gasteiger partial charge on any atom is 0.247 e. The van der Waals surface area contributed by atoms with Gasteiger partial charge in [-0.15, -0.1) is 0 Å². The van der Waals surface area contributed by atoms with Gasteiger partial charge in [-0.1, -0.05) is 18.2 Å². The number of benzene rings is 1. The van der Waals surface area contributed by atoms with Gasteiger partial charge in [-0.2, -0.15) is 5.06 Å². The summed E-state index contributed by atoms with van der Waals surface area (Å²) in [7, 11) is 1.47. The Balaban J connectivity index is 2.31. The zero-order valence-electron chi connectivity index (χ0n) is 12.8. The number of hydroxylamine groups is 1. The van der Waals surface area contributed by atoms with E-state index in [1.54, 1.807) is 6.20 Å². The molecular formula is C16H19N3O3. The minimum atomic E-state index is -0.498. The molecule has 1 aromatic heterocycles. The number of carbonyl (C=O) groups excluding carboxylic acids is 1. The van der Waals surface area contributed by atoms with Gasteiger partial charge in [0.2, 0.25) is 5.91 Å². The maximum atomic E-state index is 11.5. The highest BCUT2D eigenvalue weighted by Crippen LogP contribution is 2.31. The maximum absolute atomic E-state index is 11.5. The predicted octanol–water partition coefficient (Wildman–Crippen LogP) is 2.75. The first kappa shape index (κ1) is 15.8. The quantitative estimate of drug-likeness (QED) is 0.656. The van der Waals surface area contributed by atoms with Crippen LogP contribution in [0.1, 0.15) is 18.1 Å². The van der Waals surface area contributed by atoms with Gasteiger partial charge in [0, 0.05) is 30.9 Å². The number of para-hydroxylation sites is 1. The molecule has 6 nitrogen and oxygen atoms in total. The third-order valence-electron chi connectivity index (χ3n) is 3.30. The second kappa shape index (κ2) is 6.91. The van der Waals surface area contributed by atoms with E-state index in [4.69, 9.17) is 4.74 Å². The molecule has 0 aliphatic heterocycles. The van der Waals surface area contributed by atoms with Crippen LogP contribution >= 0.6 is 0 Å². The van der Waals surface area contributed by atoms with Crippen LogP contribution in [0.5, 0.6) is 5.75 Å². The van der Waals surface area contributed by atoms with Crippen LogP contribution in [0.3, 0.4) is 0 Å². The number of nitrogens with one attached hydrogen (secondary N) is 1. The molecule has 0 bridgehead atoms. The molecule has 1 heterocycles. The van der Waals surface area contributed by atoms with Crippen molar-refractivity contribution in [3.05, 3.63) is 47.8 Å². The lowest BCUT2D eigenvalue weighted by molar-refractivity contribution is -0.121. The first-order valence-corrected chi connectivity index (χ1v) is 6.84. The summed E-state index contributed by atoms with van der Waals surface area (Å²) in [6.07, 6.45) is 3.05. The molecule has 0 saturated carbocycles. The van der Waals surface area contributed by atoms with Gasteiger partial charge < -0.3 is 10.1 Å². The second-order valence-corrected chi connectivity index (χ2v) is 4.85. The Morgan fingerprint density at radius 2 is 2.09 bits per heavy atom. The van der Waals surface area contributed by atoms with Crippen molar-refractivity contribution >= 4 is 17.3 Å². The highest BCUT2D eigenvalue weighted by atomic mass is 16.5. The molecule has 2 aromatic rings. The molecule has 0 fully saturated rings. The Kier molecular flexibility index (Phi) is 4.95. The number of aromatic nitrogens is 1. The molecule has 0 atom stereocenters. The predicted molar refractivity (Wildman–Crippen MR) is 84.2 cm³/mol. The summed E-state index contributed by atoms with van der Waals surface area (Å²) in [5.41, 5.74) is 3.03. The molecule has 0 radical (unpaired) electrons. The van der Waals surface area contributed by atoms with Crippen LogP contribution in [0.2, 0.25) is 0 Å². The van der Waals surface area contributed by atoms with Crippen LogP contribution in [-0.4, -0.2) is 23.2 Å². The van der Waals surface area contributed by atoms with Crippen molar-refractivity contribution in [2.24, 2.45) is 0 Å². The van der Waals surface area contributed by atoms with Gasteiger partial charge in [-0.3, -0.25) is 15.0 Å². The van der Waals surface area contributed by atoms with E-state index < -0.39 is 5.91 Å². The van der Waals surface area contributed by atoms with Crippen molar-refractivity contribution < 1.29 is 14.7 Å². The fourth-order valence-electron chi connectivity index (χ4n) is 2.11. The summed E-state index contributed by atoms with van der Waals surface area (Å²) < 4.78 is 5.19. The first-order valence-electron chi connectivity index (χ1n) is 6.84. The monoisotopic (exact) mass is 301 g/mol. The smallest absolute Gasteiger partial charge is 0.247 e. The molecule has 0 spiro atoms. The van der Waals surface area contributed by atoms with Gasteiger partial charge in [-0.25, -0.2) is 0 Å². The Bertz CT molecular complexity index is 673. The molecule has 1 aromatic carbocycles. The lowest BCUT2D eigenvalue weighted by Crippen LogP contribution is -2.26. The van der Waals surface area contributed by atoms with Gasteiger partial charge in [0.1, 0.15) is 5.69 Å². The summed E-state index contributed by atoms with van der Waals surface area (Å²) >= 11 is 0. The second-order valence-electron chi connectivity index (χ2n) is 4.85. The van der Waals surface area contributed by atoms with Crippen LogP contribution in [0.15, 0.2) is 36.7 Å². The largest absolute Gasteiger partial charge is 0.493 e. The normalized spacial score (nSPS) is 10.2. The number of amides is 1. The van der Waals surface area contributed by atoms with Crippen molar-refractivity contribution in [2.45, 2.75) is 20.4 Å². The SMILES string of the molecule is COc1cncc(CNc2ccccc2C)c1N(O)C(C)=O. The van der Waals surface area contributed by atoms with Gasteiger partial charge in [0.05, 0.1) is 13.3 Å². The zero-order valence-corrected chi connectivity index (χ0v) is 12.8. The molecular weight excluding hydrogens is 282 g/mol. The van der Waals surface area contributed by atoms with Crippen LogP contribution in [0.25, 0.3) is 0 Å². The number of aryl methyl sites for hydroxylation is 1. The molecule has 0 unspecified atom stereocenters. The van der Waals surface area contributed by atoms with Crippen LogP contribution in [-0.2, 0) is 11.3 Å². The fourth-order valence-corrected chi connectivity index (χ4v) is 2.11. The Labute approximate surface area is 129 Å².